The summed E-state index contributed by atoms with van der Waals surface area (Å²) in [6.07, 6.45) is -4.33. The normalized spacial score (nSPS) is 23.2. The third-order valence-electron chi connectivity index (χ3n) is 1.42. The van der Waals surface area contributed by atoms with Crippen molar-refractivity contribution in [2.24, 2.45) is 0 Å². The van der Waals surface area contributed by atoms with Gasteiger partial charge in [0.05, 0.1) is 0 Å². The Labute approximate surface area is 77.4 Å². The lowest BCUT2D eigenvalue weighted by Crippen LogP contribution is -2.42. The van der Waals surface area contributed by atoms with Gasteiger partial charge in [-0.3, -0.25) is 10.1 Å². The molecule has 7 heteroatoms. The summed E-state index contributed by atoms with van der Waals surface area (Å²) in [7, 11) is 0. The Morgan fingerprint density at radius 3 is 2.77 bits per heavy atom. The average molecular weight is 214 g/mol. The molecule has 0 aromatic carbocycles. The molecule has 0 aromatic rings. The van der Waals surface area contributed by atoms with Crippen LogP contribution in [-0.4, -0.2) is 36.3 Å². The molecule has 1 saturated heterocycles. The van der Waals surface area contributed by atoms with Gasteiger partial charge in [0, 0.05) is 12.3 Å². The number of hydrogen-bond donors (Lipinski definition) is 2. The Kier molecular flexibility index (Phi) is 3.43. The topological polar surface area (TPSA) is 41.1 Å². The highest BCUT2D eigenvalue weighted by Crippen LogP contribution is 2.15. The standard InChI is InChI=1S/C6H9F3N2OS/c7-6(8,9)3-11-4(12)5-10-1-2-13-5/h5,10H,1-3H2,(H,11,12). The van der Waals surface area contributed by atoms with Crippen LogP contribution in [0.1, 0.15) is 0 Å². The molecule has 1 amide bonds. The van der Waals surface area contributed by atoms with Crippen LogP contribution in [0, 0.1) is 0 Å². The molecule has 0 radical (unpaired) electrons. The third-order valence-corrected chi connectivity index (χ3v) is 2.57. The number of alkyl halides is 3. The van der Waals surface area contributed by atoms with Gasteiger partial charge in [-0.15, -0.1) is 11.8 Å². The minimum Gasteiger partial charge on any atom is -0.345 e. The van der Waals surface area contributed by atoms with Crippen LogP contribution in [-0.2, 0) is 4.79 Å². The molecule has 1 rings (SSSR count). The van der Waals surface area contributed by atoms with Gasteiger partial charge < -0.3 is 5.32 Å². The molecule has 0 aliphatic carbocycles. The van der Waals surface area contributed by atoms with E-state index in [1.807, 2.05) is 5.32 Å². The van der Waals surface area contributed by atoms with Gasteiger partial charge in [0.25, 0.3) is 0 Å². The number of carbonyl (C=O) groups is 1. The van der Waals surface area contributed by atoms with Crippen LogP contribution in [0.15, 0.2) is 0 Å². The highest BCUT2D eigenvalue weighted by atomic mass is 32.2. The molecule has 1 unspecified atom stereocenters. The van der Waals surface area contributed by atoms with E-state index in [1.54, 1.807) is 0 Å². The van der Waals surface area contributed by atoms with Crippen LogP contribution >= 0.6 is 11.8 Å². The number of halogens is 3. The van der Waals surface area contributed by atoms with E-state index in [0.717, 1.165) is 5.75 Å². The number of hydrogen-bond acceptors (Lipinski definition) is 3. The minimum atomic E-state index is -4.33. The van der Waals surface area contributed by atoms with Gasteiger partial charge >= 0.3 is 6.18 Å². The van der Waals surface area contributed by atoms with Crippen LogP contribution in [0.3, 0.4) is 0 Å². The fraction of sp³-hybridized carbons (Fsp3) is 0.833. The Morgan fingerprint density at radius 2 is 2.31 bits per heavy atom. The largest absolute Gasteiger partial charge is 0.405 e. The molecule has 1 aliphatic rings. The Morgan fingerprint density at radius 1 is 1.62 bits per heavy atom. The van der Waals surface area contributed by atoms with Crippen molar-refractivity contribution in [3.63, 3.8) is 0 Å². The molecule has 13 heavy (non-hydrogen) atoms. The Balaban J connectivity index is 2.25. The highest BCUT2D eigenvalue weighted by Gasteiger charge is 2.30. The van der Waals surface area contributed by atoms with E-state index in [0.29, 0.717) is 6.54 Å². The minimum absolute atomic E-state index is 0.526. The number of thioether (sulfide) groups is 1. The summed E-state index contributed by atoms with van der Waals surface area (Å²) < 4.78 is 35.0. The number of amides is 1. The molecule has 1 heterocycles. The fourth-order valence-corrected chi connectivity index (χ4v) is 1.82. The molecule has 1 aliphatic heterocycles. The van der Waals surface area contributed by atoms with Crippen molar-refractivity contribution in [2.75, 3.05) is 18.8 Å². The van der Waals surface area contributed by atoms with E-state index < -0.39 is 24.0 Å². The van der Waals surface area contributed by atoms with Crippen molar-refractivity contribution in [3.8, 4) is 0 Å². The SMILES string of the molecule is O=C(NCC(F)(F)F)C1NCCS1. The van der Waals surface area contributed by atoms with E-state index in [4.69, 9.17) is 0 Å². The zero-order chi connectivity index (χ0) is 9.90. The number of carbonyl (C=O) groups excluding carboxylic acids is 1. The molecule has 2 N–H and O–H groups in total. The predicted molar refractivity (Wildman–Crippen MR) is 43.3 cm³/mol. The van der Waals surface area contributed by atoms with Crippen molar-refractivity contribution in [2.45, 2.75) is 11.6 Å². The third kappa shape index (κ3) is 3.86. The van der Waals surface area contributed by atoms with Gasteiger partial charge in [0.1, 0.15) is 11.9 Å². The van der Waals surface area contributed by atoms with Crippen molar-refractivity contribution in [1.82, 2.24) is 10.6 Å². The van der Waals surface area contributed by atoms with Crippen LogP contribution in [0.2, 0.25) is 0 Å². The van der Waals surface area contributed by atoms with E-state index in [2.05, 4.69) is 5.32 Å². The van der Waals surface area contributed by atoms with Gasteiger partial charge in [0.2, 0.25) is 5.91 Å². The second-order valence-corrected chi connectivity index (χ2v) is 3.75. The summed E-state index contributed by atoms with van der Waals surface area (Å²) in [6, 6.07) is 0. The first kappa shape index (κ1) is 10.6. The monoisotopic (exact) mass is 214 g/mol. The molecule has 76 valence electrons. The lowest BCUT2D eigenvalue weighted by molar-refractivity contribution is -0.138. The molecular formula is C6H9F3N2OS. The van der Waals surface area contributed by atoms with Gasteiger partial charge in [-0.25, -0.2) is 0 Å². The Hall–Kier alpha value is -0.430. The van der Waals surface area contributed by atoms with E-state index in [9.17, 15) is 18.0 Å². The summed E-state index contributed by atoms with van der Waals surface area (Å²) >= 11 is 1.31. The zero-order valence-corrected chi connectivity index (χ0v) is 7.47. The fourth-order valence-electron chi connectivity index (χ4n) is 0.874. The summed E-state index contributed by atoms with van der Waals surface area (Å²) in [4.78, 5) is 11.0. The Bertz CT molecular complexity index is 191. The van der Waals surface area contributed by atoms with E-state index >= 15 is 0 Å². The zero-order valence-electron chi connectivity index (χ0n) is 6.65. The van der Waals surface area contributed by atoms with Crippen molar-refractivity contribution in [1.29, 1.82) is 0 Å². The number of nitrogens with one attached hydrogen (secondary N) is 2. The number of rotatable bonds is 2. The van der Waals surface area contributed by atoms with Crippen molar-refractivity contribution >= 4 is 17.7 Å². The van der Waals surface area contributed by atoms with Gasteiger partial charge in [-0.05, 0) is 0 Å². The first-order valence-electron chi connectivity index (χ1n) is 3.68. The lowest BCUT2D eigenvalue weighted by Gasteiger charge is -2.11. The predicted octanol–water partition coefficient (Wildman–Crippen LogP) is 0.327. The summed E-state index contributed by atoms with van der Waals surface area (Å²) in [5.41, 5.74) is 0. The smallest absolute Gasteiger partial charge is 0.345 e. The van der Waals surface area contributed by atoms with Crippen LogP contribution in [0.25, 0.3) is 0 Å². The highest BCUT2D eigenvalue weighted by molar-refractivity contribution is 8.00. The van der Waals surface area contributed by atoms with Gasteiger partial charge in [-0.1, -0.05) is 0 Å². The lowest BCUT2D eigenvalue weighted by atomic mass is 10.5. The molecule has 0 spiro atoms. The molecule has 0 saturated carbocycles. The second-order valence-electron chi connectivity index (χ2n) is 2.54. The first-order valence-corrected chi connectivity index (χ1v) is 4.73. The molecule has 0 bridgehead atoms. The van der Waals surface area contributed by atoms with Crippen molar-refractivity contribution in [3.05, 3.63) is 0 Å². The van der Waals surface area contributed by atoms with Gasteiger partial charge in [-0.2, -0.15) is 13.2 Å². The van der Waals surface area contributed by atoms with Crippen LogP contribution < -0.4 is 10.6 Å². The maximum atomic E-state index is 11.7. The maximum Gasteiger partial charge on any atom is 0.405 e. The summed E-state index contributed by atoms with van der Waals surface area (Å²) in [6.45, 7) is -0.598. The van der Waals surface area contributed by atoms with Crippen LogP contribution in [0.5, 0.6) is 0 Å². The summed E-state index contributed by atoms with van der Waals surface area (Å²) in [5.74, 6) is 0.157. The average Bonchev–Trinajstić information content (AvgIpc) is 2.50. The molecule has 1 atom stereocenters. The second kappa shape index (κ2) is 4.19. The first-order chi connectivity index (χ1) is 5.99. The molecule has 1 fully saturated rings. The van der Waals surface area contributed by atoms with Gasteiger partial charge in [0.15, 0.2) is 0 Å². The maximum absolute atomic E-state index is 11.7. The van der Waals surface area contributed by atoms with Crippen molar-refractivity contribution < 1.29 is 18.0 Å². The molecule has 3 nitrogen and oxygen atoms in total. The summed E-state index contributed by atoms with van der Waals surface area (Å²) in [5, 5.41) is 4.07. The molecule has 0 aromatic heterocycles. The van der Waals surface area contributed by atoms with E-state index in [1.165, 1.54) is 11.8 Å². The molecular weight excluding hydrogens is 205 g/mol. The quantitative estimate of drug-likeness (QED) is 0.696. The van der Waals surface area contributed by atoms with Crippen LogP contribution in [0.4, 0.5) is 13.2 Å². The van der Waals surface area contributed by atoms with E-state index in [-0.39, 0.29) is 0 Å².